The monoisotopic (exact) mass is 283 g/mol. The van der Waals surface area contributed by atoms with E-state index >= 15 is 0 Å². The number of benzene rings is 1. The van der Waals surface area contributed by atoms with Crippen molar-refractivity contribution in [2.75, 3.05) is 0 Å². The van der Waals surface area contributed by atoms with Gasteiger partial charge in [0.25, 0.3) is 0 Å². The van der Waals surface area contributed by atoms with Crippen LogP contribution in [0, 0.1) is 0 Å². The molecule has 0 amide bonds. The van der Waals surface area contributed by atoms with Crippen LogP contribution in [0.15, 0.2) is 42.6 Å². The molecule has 0 N–H and O–H groups in total. The number of ether oxygens (including phenoxy) is 2. The van der Waals surface area contributed by atoms with Crippen LogP contribution in [0.2, 0.25) is 0 Å². The van der Waals surface area contributed by atoms with E-state index in [4.69, 9.17) is 4.74 Å². The van der Waals surface area contributed by atoms with E-state index in [0.29, 0.717) is 17.8 Å². The highest BCUT2D eigenvalue weighted by atomic mass is 19.4. The Morgan fingerprint density at radius 2 is 1.55 bits per heavy atom. The van der Waals surface area contributed by atoms with E-state index in [2.05, 4.69) is 9.72 Å². The van der Waals surface area contributed by atoms with Crippen molar-refractivity contribution in [1.29, 1.82) is 0 Å². The van der Waals surface area contributed by atoms with Crippen LogP contribution in [-0.4, -0.2) is 17.6 Å². The number of nitrogens with zero attached hydrogens (tertiary/aromatic N) is 1. The molecule has 0 spiro atoms. The average Bonchev–Trinajstić information content (AvgIpc) is 2.40. The molecule has 1 aromatic carbocycles. The molecule has 7 heteroatoms. The lowest BCUT2D eigenvalue weighted by atomic mass is 10.3. The molecule has 0 bridgehead atoms. The van der Waals surface area contributed by atoms with Gasteiger partial charge in [-0.05, 0) is 36.4 Å². The first-order valence-corrected chi connectivity index (χ1v) is 5.41. The summed E-state index contributed by atoms with van der Waals surface area (Å²) in [4.78, 5) is 14.2. The third-order valence-corrected chi connectivity index (χ3v) is 2.17. The standard InChI is InChI=1S/C13H8F3NO3/c14-13(15,16)20-11-5-3-10(4-6-11)19-12-2-1-9(8-18)17-7-12/h1-8H. The van der Waals surface area contributed by atoms with Crippen LogP contribution in [0.3, 0.4) is 0 Å². The molecule has 104 valence electrons. The lowest BCUT2D eigenvalue weighted by molar-refractivity contribution is -0.274. The minimum Gasteiger partial charge on any atom is -0.456 e. The lowest BCUT2D eigenvalue weighted by Gasteiger charge is -2.09. The summed E-state index contributed by atoms with van der Waals surface area (Å²) in [6, 6.07) is 7.91. The number of hydrogen-bond donors (Lipinski definition) is 0. The second-order valence-electron chi connectivity index (χ2n) is 3.66. The number of carbonyl (C=O) groups is 1. The number of carbonyl (C=O) groups excluding carboxylic acids is 1. The van der Waals surface area contributed by atoms with Gasteiger partial charge in [-0.1, -0.05) is 0 Å². The molecule has 2 aromatic rings. The van der Waals surface area contributed by atoms with Crippen LogP contribution >= 0.6 is 0 Å². The average molecular weight is 283 g/mol. The van der Waals surface area contributed by atoms with Crippen molar-refractivity contribution in [1.82, 2.24) is 4.98 Å². The van der Waals surface area contributed by atoms with E-state index < -0.39 is 6.36 Å². The molecule has 2 rings (SSSR count). The zero-order valence-corrected chi connectivity index (χ0v) is 9.92. The molecule has 0 aliphatic rings. The molecule has 0 unspecified atom stereocenters. The van der Waals surface area contributed by atoms with Crippen molar-refractivity contribution in [3.63, 3.8) is 0 Å². The highest BCUT2D eigenvalue weighted by Crippen LogP contribution is 2.26. The van der Waals surface area contributed by atoms with Crippen molar-refractivity contribution < 1.29 is 27.4 Å². The zero-order valence-electron chi connectivity index (χ0n) is 9.92. The van der Waals surface area contributed by atoms with Crippen molar-refractivity contribution in [2.45, 2.75) is 6.36 Å². The fourth-order valence-electron chi connectivity index (χ4n) is 1.37. The van der Waals surface area contributed by atoms with Crippen LogP contribution in [0.5, 0.6) is 17.2 Å². The SMILES string of the molecule is O=Cc1ccc(Oc2ccc(OC(F)(F)F)cc2)cn1. The molecule has 0 aliphatic heterocycles. The van der Waals surface area contributed by atoms with E-state index in [1.54, 1.807) is 0 Å². The molecular weight excluding hydrogens is 275 g/mol. The number of halogens is 3. The van der Waals surface area contributed by atoms with Gasteiger partial charge in [0.1, 0.15) is 22.9 Å². The fraction of sp³-hybridized carbons (Fsp3) is 0.0769. The number of pyridine rings is 1. The number of hydrogen-bond acceptors (Lipinski definition) is 4. The molecule has 0 aliphatic carbocycles. The maximum atomic E-state index is 12.0. The molecular formula is C13H8F3NO3. The second-order valence-corrected chi connectivity index (χ2v) is 3.66. The highest BCUT2D eigenvalue weighted by Gasteiger charge is 2.30. The Bertz CT molecular complexity index is 579. The highest BCUT2D eigenvalue weighted by molar-refractivity contribution is 5.71. The summed E-state index contributed by atoms with van der Waals surface area (Å²) in [5.74, 6) is 0.347. The predicted molar refractivity (Wildman–Crippen MR) is 62.8 cm³/mol. The summed E-state index contributed by atoms with van der Waals surface area (Å²) in [6.07, 6.45) is -2.80. The largest absolute Gasteiger partial charge is 0.573 e. The first kappa shape index (κ1) is 13.9. The molecule has 1 aromatic heterocycles. The van der Waals surface area contributed by atoms with Crippen molar-refractivity contribution in [3.8, 4) is 17.2 Å². The summed E-state index contributed by atoms with van der Waals surface area (Å²) >= 11 is 0. The van der Waals surface area contributed by atoms with Gasteiger partial charge >= 0.3 is 6.36 Å². The Balaban J connectivity index is 2.04. The summed E-state index contributed by atoms with van der Waals surface area (Å²) in [6.45, 7) is 0. The maximum absolute atomic E-state index is 12.0. The second kappa shape index (κ2) is 5.60. The van der Waals surface area contributed by atoms with Crippen LogP contribution in [0.1, 0.15) is 10.5 Å². The zero-order chi connectivity index (χ0) is 14.6. The molecule has 0 radical (unpaired) electrons. The number of rotatable bonds is 4. The normalized spacial score (nSPS) is 10.9. The molecule has 1 heterocycles. The Morgan fingerprint density at radius 3 is 2.05 bits per heavy atom. The lowest BCUT2D eigenvalue weighted by Crippen LogP contribution is -2.16. The predicted octanol–water partition coefficient (Wildman–Crippen LogP) is 3.59. The van der Waals surface area contributed by atoms with Gasteiger partial charge in [-0.25, -0.2) is 4.98 Å². The summed E-state index contributed by atoms with van der Waals surface area (Å²) < 4.78 is 45.0. The van der Waals surface area contributed by atoms with E-state index in [-0.39, 0.29) is 11.4 Å². The van der Waals surface area contributed by atoms with Gasteiger partial charge in [0.15, 0.2) is 6.29 Å². The minimum atomic E-state index is -4.73. The van der Waals surface area contributed by atoms with E-state index in [9.17, 15) is 18.0 Å². The Kier molecular flexibility index (Phi) is 3.88. The first-order chi connectivity index (χ1) is 9.46. The third kappa shape index (κ3) is 3.98. The van der Waals surface area contributed by atoms with Crippen molar-refractivity contribution >= 4 is 6.29 Å². The Labute approximate surface area is 111 Å². The van der Waals surface area contributed by atoms with Gasteiger partial charge in [0.2, 0.25) is 0 Å². The van der Waals surface area contributed by atoms with Crippen LogP contribution in [0.4, 0.5) is 13.2 Å². The molecule has 0 atom stereocenters. The summed E-state index contributed by atoms with van der Waals surface area (Å²) in [5.41, 5.74) is 0.256. The molecule has 0 saturated heterocycles. The quantitative estimate of drug-likeness (QED) is 0.805. The fourth-order valence-corrected chi connectivity index (χ4v) is 1.37. The topological polar surface area (TPSA) is 48.4 Å². The van der Waals surface area contributed by atoms with Gasteiger partial charge in [-0.15, -0.1) is 13.2 Å². The molecule has 0 fully saturated rings. The molecule has 4 nitrogen and oxygen atoms in total. The van der Waals surface area contributed by atoms with E-state index in [0.717, 1.165) is 12.1 Å². The van der Waals surface area contributed by atoms with Crippen LogP contribution in [-0.2, 0) is 0 Å². The van der Waals surface area contributed by atoms with Crippen molar-refractivity contribution in [2.24, 2.45) is 0 Å². The smallest absolute Gasteiger partial charge is 0.456 e. The van der Waals surface area contributed by atoms with Gasteiger partial charge in [-0.3, -0.25) is 4.79 Å². The molecule has 0 saturated carbocycles. The number of aromatic nitrogens is 1. The van der Waals surface area contributed by atoms with E-state index in [1.165, 1.54) is 30.5 Å². The van der Waals surface area contributed by atoms with Crippen molar-refractivity contribution in [3.05, 3.63) is 48.3 Å². The summed E-state index contributed by atoms with van der Waals surface area (Å²) in [7, 11) is 0. The molecule has 20 heavy (non-hydrogen) atoms. The van der Waals surface area contributed by atoms with Gasteiger partial charge in [0, 0.05) is 0 Å². The van der Waals surface area contributed by atoms with Crippen LogP contribution in [0.25, 0.3) is 0 Å². The van der Waals surface area contributed by atoms with Gasteiger partial charge in [-0.2, -0.15) is 0 Å². The van der Waals surface area contributed by atoms with Crippen LogP contribution < -0.4 is 9.47 Å². The Morgan fingerprint density at radius 1 is 0.950 bits per heavy atom. The first-order valence-electron chi connectivity index (χ1n) is 5.41. The maximum Gasteiger partial charge on any atom is 0.573 e. The summed E-state index contributed by atoms with van der Waals surface area (Å²) in [5, 5.41) is 0. The number of aldehydes is 1. The Hall–Kier alpha value is -2.57. The van der Waals surface area contributed by atoms with E-state index in [1.807, 2.05) is 0 Å². The third-order valence-electron chi connectivity index (χ3n) is 2.17. The van der Waals surface area contributed by atoms with Gasteiger partial charge in [0.05, 0.1) is 6.20 Å². The number of alkyl halides is 3. The van der Waals surface area contributed by atoms with Gasteiger partial charge < -0.3 is 9.47 Å². The minimum absolute atomic E-state index is 0.256.